The lowest BCUT2D eigenvalue weighted by molar-refractivity contribution is 1.09. The highest BCUT2D eigenvalue weighted by Crippen LogP contribution is 2.16. The second-order valence-corrected chi connectivity index (χ2v) is 3.49. The summed E-state index contributed by atoms with van der Waals surface area (Å²) >= 11 is 0. The molecule has 0 aliphatic carbocycles. The van der Waals surface area contributed by atoms with Crippen molar-refractivity contribution < 1.29 is 0 Å². The first-order chi connectivity index (χ1) is 7.72. The zero-order valence-electron chi connectivity index (χ0n) is 10.3. The molecule has 0 aromatic carbocycles. The van der Waals surface area contributed by atoms with E-state index in [-0.39, 0.29) is 0 Å². The molecule has 0 bridgehead atoms. The van der Waals surface area contributed by atoms with Crippen LogP contribution < -0.4 is 5.32 Å². The Balaban J connectivity index is 0.000000386. The Hall–Kier alpha value is -1.71. The largest absolute Gasteiger partial charge is 0.371 e. The van der Waals surface area contributed by atoms with Crippen molar-refractivity contribution in [3.8, 4) is 0 Å². The minimum atomic E-state index is 0.781. The van der Waals surface area contributed by atoms with Crippen LogP contribution in [0.25, 0.3) is 11.0 Å². The molecule has 2 aromatic heterocycles. The van der Waals surface area contributed by atoms with Crippen LogP contribution in [0.1, 0.15) is 26.0 Å². The topological polar surface area (TPSA) is 50.7 Å². The highest BCUT2D eigenvalue weighted by Gasteiger charge is 2.03. The van der Waals surface area contributed by atoms with Crippen molar-refractivity contribution in [3.05, 3.63) is 24.2 Å². The molecule has 0 aliphatic rings. The molecule has 0 unspecified atom stereocenters. The van der Waals surface area contributed by atoms with Crippen LogP contribution in [0.5, 0.6) is 0 Å². The molecular weight excluding hydrogens is 200 g/mol. The van der Waals surface area contributed by atoms with E-state index >= 15 is 0 Å². The fraction of sp³-hybridized carbons (Fsp3) is 0.417. The van der Waals surface area contributed by atoms with E-state index in [0.717, 1.165) is 22.5 Å². The average molecular weight is 218 g/mol. The first-order valence-corrected chi connectivity index (χ1v) is 5.49. The first kappa shape index (κ1) is 12.4. The third kappa shape index (κ3) is 2.89. The Kier molecular flexibility index (Phi) is 4.64. The van der Waals surface area contributed by atoms with E-state index in [2.05, 4.69) is 34.1 Å². The van der Waals surface area contributed by atoms with Gasteiger partial charge in [0.1, 0.15) is 5.52 Å². The minimum absolute atomic E-state index is 0.781. The SMILES string of the molecule is CCC.CNc1nc(C)cc2nccnc12. The Labute approximate surface area is 96.2 Å². The zero-order valence-corrected chi connectivity index (χ0v) is 10.3. The van der Waals surface area contributed by atoms with Gasteiger partial charge in [-0.3, -0.25) is 4.98 Å². The lowest BCUT2D eigenvalue weighted by atomic mass is 10.3. The minimum Gasteiger partial charge on any atom is -0.371 e. The summed E-state index contributed by atoms with van der Waals surface area (Å²) in [5.41, 5.74) is 2.63. The maximum Gasteiger partial charge on any atom is 0.154 e. The smallest absolute Gasteiger partial charge is 0.154 e. The molecule has 86 valence electrons. The third-order valence-electron chi connectivity index (χ3n) is 1.82. The molecule has 2 heterocycles. The fourth-order valence-corrected chi connectivity index (χ4v) is 1.27. The van der Waals surface area contributed by atoms with Crippen molar-refractivity contribution in [1.82, 2.24) is 15.0 Å². The summed E-state index contributed by atoms with van der Waals surface area (Å²) in [7, 11) is 1.83. The van der Waals surface area contributed by atoms with Gasteiger partial charge in [-0.25, -0.2) is 9.97 Å². The molecule has 2 aromatic rings. The van der Waals surface area contributed by atoms with Crippen LogP contribution in [0.3, 0.4) is 0 Å². The summed E-state index contributed by atoms with van der Waals surface area (Å²) in [4.78, 5) is 12.7. The number of pyridine rings is 1. The molecule has 0 radical (unpaired) electrons. The maximum atomic E-state index is 4.31. The molecular formula is C12H18N4. The van der Waals surface area contributed by atoms with E-state index in [4.69, 9.17) is 0 Å². The van der Waals surface area contributed by atoms with E-state index in [1.165, 1.54) is 6.42 Å². The van der Waals surface area contributed by atoms with Gasteiger partial charge in [-0.05, 0) is 13.0 Å². The van der Waals surface area contributed by atoms with Crippen LogP contribution in [0.4, 0.5) is 5.82 Å². The van der Waals surface area contributed by atoms with Crippen LogP contribution in [-0.2, 0) is 0 Å². The van der Waals surface area contributed by atoms with Gasteiger partial charge in [0.15, 0.2) is 5.82 Å². The van der Waals surface area contributed by atoms with E-state index in [1.807, 2.05) is 20.0 Å². The van der Waals surface area contributed by atoms with Gasteiger partial charge >= 0.3 is 0 Å². The predicted molar refractivity (Wildman–Crippen MR) is 67.6 cm³/mol. The van der Waals surface area contributed by atoms with Gasteiger partial charge in [-0.2, -0.15) is 0 Å². The Morgan fingerprint density at radius 1 is 1.19 bits per heavy atom. The lowest BCUT2D eigenvalue weighted by Crippen LogP contribution is -1.97. The number of aromatic nitrogens is 3. The molecule has 0 atom stereocenters. The molecule has 1 N–H and O–H groups in total. The predicted octanol–water partition coefficient (Wildman–Crippen LogP) is 2.79. The Bertz CT molecular complexity index is 454. The number of nitrogens with one attached hydrogen (secondary N) is 1. The number of anilines is 1. The van der Waals surface area contributed by atoms with Crippen molar-refractivity contribution in [2.75, 3.05) is 12.4 Å². The highest BCUT2D eigenvalue weighted by molar-refractivity contribution is 5.85. The van der Waals surface area contributed by atoms with Crippen molar-refractivity contribution >= 4 is 16.9 Å². The van der Waals surface area contributed by atoms with Crippen LogP contribution in [0, 0.1) is 6.92 Å². The monoisotopic (exact) mass is 218 g/mol. The van der Waals surface area contributed by atoms with Gasteiger partial charge < -0.3 is 5.32 Å². The number of hydrogen-bond donors (Lipinski definition) is 1. The van der Waals surface area contributed by atoms with Gasteiger partial charge in [-0.15, -0.1) is 0 Å². The molecule has 4 nitrogen and oxygen atoms in total. The van der Waals surface area contributed by atoms with Crippen LogP contribution >= 0.6 is 0 Å². The molecule has 2 rings (SSSR count). The molecule has 0 fully saturated rings. The van der Waals surface area contributed by atoms with Crippen LogP contribution in [0.15, 0.2) is 18.5 Å². The summed E-state index contributed by atoms with van der Waals surface area (Å²) in [6.45, 7) is 6.19. The number of rotatable bonds is 1. The molecule has 16 heavy (non-hydrogen) atoms. The molecule has 0 saturated heterocycles. The summed E-state index contributed by atoms with van der Waals surface area (Å²) in [5.74, 6) is 0.781. The van der Waals surface area contributed by atoms with Crippen molar-refractivity contribution in [2.24, 2.45) is 0 Å². The van der Waals surface area contributed by atoms with E-state index in [0.29, 0.717) is 0 Å². The normalized spacial score (nSPS) is 9.50. The van der Waals surface area contributed by atoms with Crippen molar-refractivity contribution in [1.29, 1.82) is 0 Å². The quantitative estimate of drug-likeness (QED) is 0.799. The number of fused-ring (bicyclic) bond motifs is 1. The molecule has 0 spiro atoms. The van der Waals surface area contributed by atoms with Gasteiger partial charge in [0.2, 0.25) is 0 Å². The first-order valence-electron chi connectivity index (χ1n) is 5.49. The average Bonchev–Trinajstić information content (AvgIpc) is 2.29. The Morgan fingerprint density at radius 2 is 1.81 bits per heavy atom. The van der Waals surface area contributed by atoms with E-state index in [1.54, 1.807) is 12.4 Å². The van der Waals surface area contributed by atoms with Crippen molar-refractivity contribution in [3.63, 3.8) is 0 Å². The van der Waals surface area contributed by atoms with Gasteiger partial charge in [-0.1, -0.05) is 20.3 Å². The van der Waals surface area contributed by atoms with E-state index < -0.39 is 0 Å². The molecule has 0 saturated carbocycles. The zero-order chi connectivity index (χ0) is 12.0. The molecule has 4 heteroatoms. The Morgan fingerprint density at radius 3 is 2.44 bits per heavy atom. The molecule has 0 amide bonds. The number of hydrogen-bond acceptors (Lipinski definition) is 4. The third-order valence-corrected chi connectivity index (χ3v) is 1.82. The van der Waals surface area contributed by atoms with Crippen LogP contribution in [0.2, 0.25) is 0 Å². The summed E-state index contributed by atoms with van der Waals surface area (Å²) in [6.07, 6.45) is 4.60. The second-order valence-electron chi connectivity index (χ2n) is 3.49. The van der Waals surface area contributed by atoms with Crippen LogP contribution in [-0.4, -0.2) is 22.0 Å². The van der Waals surface area contributed by atoms with Gasteiger partial charge in [0.05, 0.1) is 5.52 Å². The van der Waals surface area contributed by atoms with E-state index in [9.17, 15) is 0 Å². The highest BCUT2D eigenvalue weighted by atomic mass is 15.0. The summed E-state index contributed by atoms with van der Waals surface area (Å²) < 4.78 is 0. The molecule has 0 aliphatic heterocycles. The fourth-order valence-electron chi connectivity index (χ4n) is 1.27. The number of aryl methyl sites for hydroxylation is 1. The van der Waals surface area contributed by atoms with Crippen molar-refractivity contribution in [2.45, 2.75) is 27.2 Å². The summed E-state index contributed by atoms with van der Waals surface area (Å²) in [5, 5.41) is 3.00. The number of nitrogens with zero attached hydrogens (tertiary/aromatic N) is 3. The lowest BCUT2D eigenvalue weighted by Gasteiger charge is -2.03. The van der Waals surface area contributed by atoms with Gasteiger partial charge in [0, 0.05) is 25.1 Å². The summed E-state index contributed by atoms with van der Waals surface area (Å²) in [6, 6.07) is 1.92. The standard InChI is InChI=1S/C9H10N4.C3H8/c1-6-5-7-8(9(10-2)13-6)12-4-3-11-7;1-3-2/h3-5H,1-2H3,(H,10,13);3H2,1-2H3. The van der Waals surface area contributed by atoms with Gasteiger partial charge in [0.25, 0.3) is 0 Å². The maximum absolute atomic E-state index is 4.31. The second kappa shape index (κ2) is 6.00.